The Morgan fingerprint density at radius 1 is 1.46 bits per heavy atom. The minimum Gasteiger partial charge on any atom is -0.387 e. The second-order valence-corrected chi connectivity index (χ2v) is 3.66. The van der Waals surface area contributed by atoms with Crippen LogP contribution in [0.5, 0.6) is 0 Å². The second kappa shape index (κ2) is 5.27. The van der Waals surface area contributed by atoms with Crippen molar-refractivity contribution in [1.29, 1.82) is 0 Å². The number of hydrogen-bond acceptors (Lipinski definition) is 3. The average Bonchev–Trinajstić information content (AvgIpc) is 2.18. The predicted molar refractivity (Wildman–Crippen MR) is 57.1 cm³/mol. The fourth-order valence-electron chi connectivity index (χ4n) is 1.25. The van der Waals surface area contributed by atoms with Gasteiger partial charge < -0.3 is 10.4 Å². The Bertz CT molecular complexity index is 265. The summed E-state index contributed by atoms with van der Waals surface area (Å²) in [7, 11) is 1.84. The highest BCUT2D eigenvalue weighted by atomic mass is 32.2. The molecule has 1 aromatic rings. The Morgan fingerprint density at radius 2 is 2.15 bits per heavy atom. The van der Waals surface area contributed by atoms with Gasteiger partial charge >= 0.3 is 0 Å². The summed E-state index contributed by atoms with van der Waals surface area (Å²) in [5, 5.41) is 12.7. The van der Waals surface area contributed by atoms with Crippen LogP contribution >= 0.6 is 11.8 Å². The molecule has 2 nitrogen and oxygen atoms in total. The maximum atomic E-state index is 9.76. The van der Waals surface area contributed by atoms with Crippen molar-refractivity contribution in [3.8, 4) is 0 Å². The number of aliphatic hydroxyl groups excluding tert-OH is 1. The van der Waals surface area contributed by atoms with Gasteiger partial charge in [0.05, 0.1) is 6.10 Å². The first-order chi connectivity index (χ1) is 6.29. The van der Waals surface area contributed by atoms with E-state index in [0.29, 0.717) is 6.54 Å². The molecule has 0 aliphatic rings. The summed E-state index contributed by atoms with van der Waals surface area (Å²) < 4.78 is 0. The van der Waals surface area contributed by atoms with Crippen LogP contribution in [0.25, 0.3) is 0 Å². The van der Waals surface area contributed by atoms with E-state index in [-0.39, 0.29) is 0 Å². The Kier molecular flexibility index (Phi) is 4.28. The van der Waals surface area contributed by atoms with Crippen LogP contribution in [-0.2, 0) is 0 Å². The Morgan fingerprint density at radius 3 is 2.77 bits per heavy atom. The molecule has 1 rings (SSSR count). The number of benzene rings is 1. The largest absolute Gasteiger partial charge is 0.387 e. The third kappa shape index (κ3) is 2.72. The number of hydrogen-bond donors (Lipinski definition) is 2. The Labute approximate surface area is 83.4 Å². The van der Waals surface area contributed by atoms with E-state index in [1.54, 1.807) is 11.8 Å². The van der Waals surface area contributed by atoms with Crippen LogP contribution in [-0.4, -0.2) is 25.0 Å². The molecule has 72 valence electrons. The zero-order chi connectivity index (χ0) is 9.68. The fraction of sp³-hybridized carbons (Fsp3) is 0.400. The number of nitrogens with one attached hydrogen (secondary N) is 1. The zero-order valence-corrected chi connectivity index (χ0v) is 8.77. The summed E-state index contributed by atoms with van der Waals surface area (Å²) in [4.78, 5) is 1.14. The van der Waals surface area contributed by atoms with Crippen molar-refractivity contribution in [2.24, 2.45) is 0 Å². The lowest BCUT2D eigenvalue weighted by Gasteiger charge is -2.13. The molecule has 0 spiro atoms. The van der Waals surface area contributed by atoms with Gasteiger partial charge in [0.1, 0.15) is 0 Å². The minimum absolute atomic E-state index is 0.409. The highest BCUT2D eigenvalue weighted by Crippen LogP contribution is 2.24. The summed E-state index contributed by atoms with van der Waals surface area (Å²) >= 11 is 1.66. The van der Waals surface area contributed by atoms with Crippen molar-refractivity contribution in [1.82, 2.24) is 5.32 Å². The van der Waals surface area contributed by atoms with Gasteiger partial charge in [-0.2, -0.15) is 0 Å². The SMILES string of the molecule is CNCC(O)c1ccccc1SC. The van der Waals surface area contributed by atoms with Gasteiger partial charge in [-0.05, 0) is 24.9 Å². The van der Waals surface area contributed by atoms with E-state index in [2.05, 4.69) is 5.32 Å². The molecule has 0 heterocycles. The molecule has 0 saturated carbocycles. The summed E-state index contributed by atoms with van der Waals surface area (Å²) in [5.41, 5.74) is 1.00. The quantitative estimate of drug-likeness (QED) is 0.720. The summed E-state index contributed by atoms with van der Waals surface area (Å²) in [6, 6.07) is 7.93. The molecule has 0 radical (unpaired) electrons. The highest BCUT2D eigenvalue weighted by molar-refractivity contribution is 7.98. The van der Waals surface area contributed by atoms with E-state index in [9.17, 15) is 5.11 Å². The van der Waals surface area contributed by atoms with Crippen LogP contribution in [0.3, 0.4) is 0 Å². The van der Waals surface area contributed by atoms with Crippen molar-refractivity contribution < 1.29 is 5.11 Å². The van der Waals surface area contributed by atoms with Gasteiger partial charge in [-0.15, -0.1) is 11.8 Å². The van der Waals surface area contributed by atoms with Crippen molar-refractivity contribution >= 4 is 11.8 Å². The molecule has 1 unspecified atom stereocenters. The Hall–Kier alpha value is -0.510. The number of rotatable bonds is 4. The molecule has 0 aromatic heterocycles. The lowest BCUT2D eigenvalue weighted by atomic mass is 10.1. The normalized spacial score (nSPS) is 12.8. The summed E-state index contributed by atoms with van der Waals surface area (Å²) in [6.07, 6.45) is 1.61. The number of thioether (sulfide) groups is 1. The van der Waals surface area contributed by atoms with Crippen molar-refractivity contribution in [2.45, 2.75) is 11.0 Å². The van der Waals surface area contributed by atoms with Crippen molar-refractivity contribution in [3.63, 3.8) is 0 Å². The minimum atomic E-state index is -0.409. The lowest BCUT2D eigenvalue weighted by Crippen LogP contribution is -2.17. The van der Waals surface area contributed by atoms with Gasteiger partial charge in [0.15, 0.2) is 0 Å². The van der Waals surface area contributed by atoms with Crippen LogP contribution in [0.1, 0.15) is 11.7 Å². The maximum Gasteiger partial charge on any atom is 0.0925 e. The van der Waals surface area contributed by atoms with Crippen molar-refractivity contribution in [2.75, 3.05) is 19.8 Å². The van der Waals surface area contributed by atoms with Gasteiger partial charge in [-0.3, -0.25) is 0 Å². The molecule has 1 aromatic carbocycles. The second-order valence-electron chi connectivity index (χ2n) is 2.82. The van der Waals surface area contributed by atoms with E-state index in [0.717, 1.165) is 10.5 Å². The lowest BCUT2D eigenvalue weighted by molar-refractivity contribution is 0.175. The standard InChI is InChI=1S/C10H15NOS/c1-11-7-9(12)8-5-3-4-6-10(8)13-2/h3-6,9,11-12H,7H2,1-2H3. The van der Waals surface area contributed by atoms with Gasteiger partial charge in [0.2, 0.25) is 0 Å². The van der Waals surface area contributed by atoms with E-state index < -0.39 is 6.10 Å². The topological polar surface area (TPSA) is 32.3 Å². The monoisotopic (exact) mass is 197 g/mol. The molecule has 1 atom stereocenters. The van der Waals surface area contributed by atoms with Crippen LogP contribution in [0.4, 0.5) is 0 Å². The third-order valence-electron chi connectivity index (χ3n) is 1.90. The van der Waals surface area contributed by atoms with E-state index >= 15 is 0 Å². The summed E-state index contributed by atoms with van der Waals surface area (Å²) in [6.45, 7) is 0.595. The molecular weight excluding hydrogens is 182 g/mol. The van der Waals surface area contributed by atoms with Gasteiger partial charge in [0, 0.05) is 11.4 Å². The molecule has 0 saturated heterocycles. The van der Waals surface area contributed by atoms with E-state index in [4.69, 9.17) is 0 Å². The van der Waals surface area contributed by atoms with E-state index in [1.807, 2.05) is 37.6 Å². The van der Waals surface area contributed by atoms with Crippen LogP contribution < -0.4 is 5.32 Å². The maximum absolute atomic E-state index is 9.76. The van der Waals surface area contributed by atoms with Gasteiger partial charge in [-0.1, -0.05) is 18.2 Å². The first-order valence-corrected chi connectivity index (χ1v) is 5.47. The molecule has 0 bridgehead atoms. The van der Waals surface area contributed by atoms with E-state index in [1.165, 1.54) is 0 Å². The summed E-state index contributed by atoms with van der Waals surface area (Å²) in [5.74, 6) is 0. The molecule has 2 N–H and O–H groups in total. The molecule has 0 fully saturated rings. The average molecular weight is 197 g/mol. The van der Waals surface area contributed by atoms with Crippen LogP contribution in [0.2, 0.25) is 0 Å². The van der Waals surface area contributed by atoms with Crippen LogP contribution in [0.15, 0.2) is 29.2 Å². The number of likely N-dealkylation sites (N-methyl/N-ethyl adjacent to an activating group) is 1. The highest BCUT2D eigenvalue weighted by Gasteiger charge is 2.09. The van der Waals surface area contributed by atoms with Gasteiger partial charge in [-0.25, -0.2) is 0 Å². The molecule has 0 amide bonds. The molecule has 3 heteroatoms. The first-order valence-electron chi connectivity index (χ1n) is 4.25. The predicted octanol–water partition coefficient (Wildman–Crippen LogP) is 1.66. The molecule has 0 aliphatic carbocycles. The molecule has 13 heavy (non-hydrogen) atoms. The van der Waals surface area contributed by atoms with Gasteiger partial charge in [0.25, 0.3) is 0 Å². The fourth-order valence-corrected chi connectivity index (χ4v) is 1.90. The molecule has 0 aliphatic heterocycles. The zero-order valence-electron chi connectivity index (χ0n) is 7.95. The number of aliphatic hydroxyl groups is 1. The third-order valence-corrected chi connectivity index (χ3v) is 2.71. The first kappa shape index (κ1) is 10.6. The Balaban J connectivity index is 2.85. The van der Waals surface area contributed by atoms with Crippen LogP contribution in [0, 0.1) is 0 Å². The smallest absolute Gasteiger partial charge is 0.0925 e. The molecular formula is C10H15NOS. The van der Waals surface area contributed by atoms with Crippen molar-refractivity contribution in [3.05, 3.63) is 29.8 Å².